The van der Waals surface area contributed by atoms with Crippen LogP contribution in [0.25, 0.3) is 10.9 Å². The predicted molar refractivity (Wildman–Crippen MR) is 170 cm³/mol. The minimum absolute atomic E-state index is 0.110. The third-order valence-electron chi connectivity index (χ3n) is 8.23. The molecule has 3 heterocycles. The number of amides is 1. The van der Waals surface area contributed by atoms with Crippen LogP contribution in [0.4, 0.5) is 28.9 Å². The molecule has 2 fully saturated rings. The topological polar surface area (TPSA) is 83.0 Å². The number of ether oxygens (including phenoxy) is 2. The molecule has 1 aromatic heterocycles. The second kappa shape index (κ2) is 15.1. The largest absolute Gasteiger partial charge is 0.495 e. The normalized spacial score (nSPS) is 19.3. The fourth-order valence-corrected chi connectivity index (χ4v) is 5.79. The van der Waals surface area contributed by atoms with Crippen molar-refractivity contribution in [3.63, 3.8) is 0 Å². The molecule has 46 heavy (non-hydrogen) atoms. The molecule has 248 valence electrons. The SMILES string of the molecule is COc1cc(C(=O)NCCN2CCOCC2)ccc1NCC#Cc1cc2c(N[C@@H]3CCN(C)C[C@@H]3F)cccc2n1CC(F)(F)F. The Balaban J connectivity index is 1.27. The summed E-state index contributed by atoms with van der Waals surface area (Å²) in [6, 6.07) is 11.2. The molecule has 0 aliphatic carbocycles. The van der Waals surface area contributed by atoms with Crippen molar-refractivity contribution in [1.29, 1.82) is 0 Å². The van der Waals surface area contributed by atoms with Crippen molar-refractivity contribution in [2.45, 2.75) is 31.4 Å². The van der Waals surface area contributed by atoms with Crippen LogP contribution in [-0.2, 0) is 11.3 Å². The Morgan fingerprint density at radius 1 is 1.11 bits per heavy atom. The second-order valence-electron chi connectivity index (χ2n) is 11.6. The number of aromatic nitrogens is 1. The van der Waals surface area contributed by atoms with Crippen LogP contribution in [0.15, 0.2) is 42.5 Å². The Hall–Kier alpha value is -3.99. The molecule has 2 atom stereocenters. The van der Waals surface area contributed by atoms with Crippen molar-refractivity contribution in [3.05, 3.63) is 53.7 Å². The maximum absolute atomic E-state index is 14.7. The van der Waals surface area contributed by atoms with E-state index in [9.17, 15) is 22.4 Å². The minimum atomic E-state index is -4.47. The molecule has 0 saturated carbocycles. The molecular weight excluding hydrogens is 604 g/mol. The molecule has 1 amide bonds. The summed E-state index contributed by atoms with van der Waals surface area (Å²) in [6.07, 6.45) is -4.98. The highest BCUT2D eigenvalue weighted by molar-refractivity contribution is 5.95. The Bertz CT molecular complexity index is 1560. The Morgan fingerprint density at radius 2 is 1.91 bits per heavy atom. The monoisotopic (exact) mass is 644 g/mol. The second-order valence-corrected chi connectivity index (χ2v) is 11.6. The number of piperidine rings is 1. The molecule has 2 aliphatic rings. The molecule has 2 saturated heterocycles. The fraction of sp³-hybridized carbons (Fsp3) is 0.485. The van der Waals surface area contributed by atoms with E-state index in [4.69, 9.17) is 9.47 Å². The van der Waals surface area contributed by atoms with Crippen molar-refractivity contribution in [2.75, 3.05) is 83.8 Å². The summed E-state index contributed by atoms with van der Waals surface area (Å²) in [5, 5.41) is 9.83. The number of rotatable bonds is 10. The van der Waals surface area contributed by atoms with Crippen molar-refractivity contribution in [1.82, 2.24) is 19.7 Å². The van der Waals surface area contributed by atoms with E-state index in [1.54, 1.807) is 42.5 Å². The number of hydrogen-bond acceptors (Lipinski definition) is 7. The summed E-state index contributed by atoms with van der Waals surface area (Å²) < 4.78 is 67.6. The van der Waals surface area contributed by atoms with Gasteiger partial charge in [0.05, 0.1) is 49.8 Å². The van der Waals surface area contributed by atoms with Crippen LogP contribution in [0.2, 0.25) is 0 Å². The third kappa shape index (κ3) is 8.63. The quantitative estimate of drug-likeness (QED) is 0.226. The number of morpholine rings is 1. The number of carbonyl (C=O) groups excluding carboxylic acids is 1. The van der Waals surface area contributed by atoms with E-state index in [0.29, 0.717) is 66.3 Å². The number of alkyl halides is 4. The van der Waals surface area contributed by atoms with Gasteiger partial charge in [0.2, 0.25) is 0 Å². The summed E-state index contributed by atoms with van der Waals surface area (Å²) in [6.45, 7) is 4.24. The van der Waals surface area contributed by atoms with Gasteiger partial charge in [-0.05, 0) is 55.8 Å². The first kappa shape index (κ1) is 33.4. The molecular formula is C33H40F4N6O3. The number of carbonyl (C=O) groups is 1. The van der Waals surface area contributed by atoms with E-state index in [2.05, 4.69) is 32.7 Å². The lowest BCUT2D eigenvalue weighted by Gasteiger charge is -2.33. The van der Waals surface area contributed by atoms with Gasteiger partial charge in [-0.1, -0.05) is 12.0 Å². The number of nitrogens with zero attached hydrogens (tertiary/aromatic N) is 3. The van der Waals surface area contributed by atoms with Crippen molar-refractivity contribution < 1.29 is 31.8 Å². The first-order valence-corrected chi connectivity index (χ1v) is 15.4. The number of methoxy groups -OCH3 is 1. The maximum atomic E-state index is 14.7. The number of anilines is 2. The first-order valence-electron chi connectivity index (χ1n) is 15.4. The zero-order valence-electron chi connectivity index (χ0n) is 26.1. The zero-order valence-corrected chi connectivity index (χ0v) is 26.1. The highest BCUT2D eigenvalue weighted by atomic mass is 19.4. The maximum Gasteiger partial charge on any atom is 0.406 e. The van der Waals surface area contributed by atoms with Crippen molar-refractivity contribution in [2.24, 2.45) is 0 Å². The van der Waals surface area contributed by atoms with E-state index in [1.807, 2.05) is 11.9 Å². The third-order valence-corrected chi connectivity index (χ3v) is 8.23. The molecule has 0 bridgehead atoms. The predicted octanol–water partition coefficient (Wildman–Crippen LogP) is 4.19. The fourth-order valence-electron chi connectivity index (χ4n) is 5.79. The standard InChI is InChI=1S/C33H40F4N6O3/c1-41-13-10-28(26(34)21-41)40-27-6-3-7-30-25(27)20-24(43(30)22-33(35,36)37)5-4-11-38-29-9-8-23(19-31(29)45-2)32(44)39-12-14-42-15-17-46-18-16-42/h3,6-9,19-20,26,28,38,40H,10-18,21-22H2,1-2H3,(H,39,44)/t26-,28+/m0/s1. The average molecular weight is 645 g/mol. The van der Waals surface area contributed by atoms with Crippen LogP contribution in [-0.4, -0.2) is 112 Å². The van der Waals surface area contributed by atoms with Crippen LogP contribution >= 0.6 is 0 Å². The molecule has 2 aliphatic heterocycles. The van der Waals surface area contributed by atoms with E-state index >= 15 is 0 Å². The van der Waals surface area contributed by atoms with Crippen LogP contribution in [0.1, 0.15) is 22.5 Å². The number of likely N-dealkylation sites (tertiary alicyclic amines) is 1. The molecule has 0 spiro atoms. The number of halogens is 4. The van der Waals surface area contributed by atoms with Gasteiger partial charge in [-0.25, -0.2) is 4.39 Å². The molecule has 3 aromatic rings. The lowest BCUT2D eigenvalue weighted by molar-refractivity contribution is -0.140. The molecule has 0 unspecified atom stereocenters. The highest BCUT2D eigenvalue weighted by Crippen LogP contribution is 2.32. The van der Waals surface area contributed by atoms with Crippen molar-refractivity contribution in [3.8, 4) is 17.6 Å². The van der Waals surface area contributed by atoms with Gasteiger partial charge in [-0.3, -0.25) is 9.69 Å². The van der Waals surface area contributed by atoms with E-state index in [-0.39, 0.29) is 18.1 Å². The van der Waals surface area contributed by atoms with Gasteiger partial charge in [0.15, 0.2) is 0 Å². The Kier molecular flexibility index (Phi) is 10.9. The van der Waals surface area contributed by atoms with Crippen molar-refractivity contribution >= 4 is 28.2 Å². The molecule has 13 heteroatoms. The minimum Gasteiger partial charge on any atom is -0.495 e. The Labute approximate surface area is 266 Å². The molecule has 3 N–H and O–H groups in total. The van der Waals surface area contributed by atoms with Crippen LogP contribution < -0.4 is 20.7 Å². The molecule has 0 radical (unpaired) electrons. The summed E-state index contributed by atoms with van der Waals surface area (Å²) in [5.41, 5.74) is 2.16. The van der Waals surface area contributed by atoms with E-state index < -0.39 is 24.9 Å². The lowest BCUT2D eigenvalue weighted by Crippen LogP contribution is -2.46. The summed E-state index contributed by atoms with van der Waals surface area (Å²) in [5.74, 6) is 6.01. The van der Waals surface area contributed by atoms with Gasteiger partial charge in [0.25, 0.3) is 5.91 Å². The smallest absolute Gasteiger partial charge is 0.406 e. The van der Waals surface area contributed by atoms with Gasteiger partial charge in [-0.15, -0.1) is 0 Å². The average Bonchev–Trinajstić information content (AvgIpc) is 3.37. The summed E-state index contributed by atoms with van der Waals surface area (Å²) >= 11 is 0. The Morgan fingerprint density at radius 3 is 2.65 bits per heavy atom. The first-order chi connectivity index (χ1) is 22.1. The van der Waals surface area contributed by atoms with Gasteiger partial charge >= 0.3 is 6.18 Å². The van der Waals surface area contributed by atoms with Gasteiger partial charge in [0.1, 0.15) is 18.5 Å². The molecule has 5 rings (SSSR count). The zero-order chi connectivity index (χ0) is 32.7. The summed E-state index contributed by atoms with van der Waals surface area (Å²) in [7, 11) is 3.35. The van der Waals surface area contributed by atoms with E-state index in [1.165, 1.54) is 7.11 Å². The van der Waals surface area contributed by atoms with Crippen LogP contribution in [0, 0.1) is 11.8 Å². The number of nitrogens with one attached hydrogen (secondary N) is 3. The lowest BCUT2D eigenvalue weighted by atomic mass is 10.0. The molecule has 2 aromatic carbocycles. The summed E-state index contributed by atoms with van der Waals surface area (Å²) in [4.78, 5) is 16.8. The molecule has 9 nitrogen and oxygen atoms in total. The number of hydrogen-bond donors (Lipinski definition) is 3. The number of fused-ring (bicyclic) bond motifs is 1. The van der Waals surface area contributed by atoms with Gasteiger partial charge in [-0.2, -0.15) is 13.2 Å². The van der Waals surface area contributed by atoms with Gasteiger partial charge < -0.3 is 34.9 Å². The number of benzene rings is 2. The van der Waals surface area contributed by atoms with E-state index in [0.717, 1.165) is 30.7 Å². The van der Waals surface area contributed by atoms with Crippen LogP contribution in [0.5, 0.6) is 5.75 Å². The van der Waals surface area contributed by atoms with Gasteiger partial charge in [0, 0.05) is 55.9 Å². The highest BCUT2D eigenvalue weighted by Gasteiger charge is 2.31. The van der Waals surface area contributed by atoms with Crippen LogP contribution in [0.3, 0.4) is 0 Å².